The number of aryl methyl sites for hydroxylation is 1. The van der Waals surface area contributed by atoms with Gasteiger partial charge in [-0.05, 0) is 12.1 Å². The number of rotatable bonds is 5. The summed E-state index contributed by atoms with van der Waals surface area (Å²) in [6.45, 7) is 0.00715. The molecule has 2 rings (SSSR count). The van der Waals surface area contributed by atoms with E-state index in [0.717, 1.165) is 4.68 Å². The number of carbonyl (C=O) groups excluding carboxylic acids is 2. The molecule has 0 spiro atoms. The molecule has 1 aromatic carbocycles. The van der Waals surface area contributed by atoms with Crippen LogP contribution < -0.4 is 11.1 Å². The number of aromatic nitrogens is 2. The first-order valence-corrected chi connectivity index (χ1v) is 7.47. The Kier molecular flexibility index (Phi) is 5.18. The minimum atomic E-state index is -0.381. The highest BCUT2D eigenvalue weighted by Crippen LogP contribution is 2.03. The molecule has 0 unspecified atom stereocenters. The molecule has 2 amide bonds. The Morgan fingerprint density at radius 2 is 1.67 bits per heavy atom. The summed E-state index contributed by atoms with van der Waals surface area (Å²) in [7, 11) is 4.75. The third-order valence-electron chi connectivity index (χ3n) is 3.73. The summed E-state index contributed by atoms with van der Waals surface area (Å²) in [4.78, 5) is 50.7. The largest absolute Gasteiger partial charge is 0.347 e. The van der Waals surface area contributed by atoms with E-state index in [9.17, 15) is 19.2 Å². The number of hydrogen-bond acceptors (Lipinski definition) is 4. The minimum Gasteiger partial charge on any atom is -0.347 e. The van der Waals surface area contributed by atoms with Crippen LogP contribution in [0.15, 0.2) is 33.9 Å². The van der Waals surface area contributed by atoms with Crippen molar-refractivity contribution in [1.29, 1.82) is 0 Å². The first-order valence-electron chi connectivity index (χ1n) is 7.47. The van der Waals surface area contributed by atoms with Crippen molar-refractivity contribution in [3.8, 4) is 0 Å². The summed E-state index contributed by atoms with van der Waals surface area (Å²) < 4.78 is 1.13. The molecule has 0 aliphatic carbocycles. The molecule has 24 heavy (non-hydrogen) atoms. The van der Waals surface area contributed by atoms with Crippen molar-refractivity contribution in [2.45, 2.75) is 13.0 Å². The van der Waals surface area contributed by atoms with E-state index in [0.29, 0.717) is 10.8 Å². The maximum Gasteiger partial charge on any atom is 0.273 e. The van der Waals surface area contributed by atoms with E-state index in [1.54, 1.807) is 38.4 Å². The summed E-state index contributed by atoms with van der Waals surface area (Å²) in [5.41, 5.74) is -0.737. The molecule has 2 aromatic rings. The zero-order valence-electron chi connectivity index (χ0n) is 13.9. The maximum atomic E-state index is 12.3. The smallest absolute Gasteiger partial charge is 0.273 e. The van der Waals surface area contributed by atoms with E-state index < -0.39 is 0 Å². The van der Waals surface area contributed by atoms with Crippen molar-refractivity contribution in [2.24, 2.45) is 0 Å². The third kappa shape index (κ3) is 3.70. The van der Waals surface area contributed by atoms with Gasteiger partial charge in [0.15, 0.2) is 0 Å². The van der Waals surface area contributed by atoms with E-state index >= 15 is 0 Å². The highest BCUT2D eigenvalue weighted by Gasteiger charge is 2.15. The van der Waals surface area contributed by atoms with Crippen molar-refractivity contribution >= 4 is 22.6 Å². The third-order valence-corrected chi connectivity index (χ3v) is 3.73. The lowest BCUT2D eigenvalue weighted by Crippen LogP contribution is -2.38. The average molecular weight is 332 g/mol. The van der Waals surface area contributed by atoms with E-state index in [2.05, 4.69) is 5.10 Å². The van der Waals surface area contributed by atoms with Gasteiger partial charge in [-0.25, -0.2) is 4.68 Å². The first kappa shape index (κ1) is 17.5. The lowest BCUT2D eigenvalue weighted by Gasteiger charge is -2.19. The maximum absolute atomic E-state index is 12.3. The average Bonchev–Trinajstić information content (AvgIpc) is 2.56. The van der Waals surface area contributed by atoms with Crippen LogP contribution in [0, 0.1) is 0 Å². The summed E-state index contributed by atoms with van der Waals surface area (Å²) >= 11 is 0. The van der Waals surface area contributed by atoms with Gasteiger partial charge in [0.2, 0.25) is 11.8 Å². The summed E-state index contributed by atoms with van der Waals surface area (Å²) in [6.07, 6.45) is 0.00535. The molecule has 1 aromatic heterocycles. The standard InChI is InChI=1S/C16H20N4O4/c1-18(2)14(22)10-19(3)13(21)8-9-20-16(24)12-7-5-4-6-11(12)15(23)17-20/h4-7H,8-10H2,1-3H3,(H,17,23). The number of nitrogens with one attached hydrogen (secondary N) is 1. The quantitative estimate of drug-likeness (QED) is 0.808. The molecule has 0 saturated heterocycles. The highest BCUT2D eigenvalue weighted by atomic mass is 16.2. The van der Waals surface area contributed by atoms with E-state index in [1.807, 2.05) is 0 Å². The minimum absolute atomic E-state index is 0.00535. The Labute approximate surface area is 138 Å². The Bertz CT molecular complexity index is 882. The normalized spacial score (nSPS) is 10.6. The van der Waals surface area contributed by atoms with Gasteiger partial charge >= 0.3 is 0 Å². The van der Waals surface area contributed by atoms with Crippen molar-refractivity contribution in [3.05, 3.63) is 45.0 Å². The second-order valence-corrected chi connectivity index (χ2v) is 5.73. The fourth-order valence-electron chi connectivity index (χ4n) is 2.23. The Hall–Kier alpha value is -2.90. The predicted octanol–water partition coefficient (Wildman–Crippen LogP) is -0.373. The first-order chi connectivity index (χ1) is 11.3. The van der Waals surface area contributed by atoms with Crippen LogP contribution in [-0.2, 0) is 16.1 Å². The van der Waals surface area contributed by atoms with Gasteiger partial charge in [0, 0.05) is 27.6 Å². The Morgan fingerprint density at radius 1 is 1.04 bits per heavy atom. The SMILES string of the molecule is CN(C)C(=O)CN(C)C(=O)CCn1[nH]c(=O)c2ccccc2c1=O. The molecule has 0 atom stereocenters. The Balaban J connectivity index is 2.12. The molecule has 0 fully saturated rings. The molecule has 8 heteroatoms. The van der Waals surface area contributed by atoms with Crippen LogP contribution >= 0.6 is 0 Å². The van der Waals surface area contributed by atoms with E-state index in [1.165, 1.54) is 16.8 Å². The number of aromatic amines is 1. The van der Waals surface area contributed by atoms with Gasteiger partial charge in [-0.2, -0.15) is 0 Å². The number of H-pyrrole nitrogens is 1. The molecule has 0 aliphatic rings. The molecule has 8 nitrogen and oxygen atoms in total. The van der Waals surface area contributed by atoms with Crippen molar-refractivity contribution < 1.29 is 9.59 Å². The fourth-order valence-corrected chi connectivity index (χ4v) is 2.23. The monoisotopic (exact) mass is 332 g/mol. The van der Waals surface area contributed by atoms with Gasteiger partial charge in [0.25, 0.3) is 11.1 Å². The zero-order valence-corrected chi connectivity index (χ0v) is 13.9. The zero-order chi connectivity index (χ0) is 17.9. The topological polar surface area (TPSA) is 95.5 Å². The van der Waals surface area contributed by atoms with Gasteiger partial charge in [0.1, 0.15) is 0 Å². The van der Waals surface area contributed by atoms with Crippen molar-refractivity contribution in [1.82, 2.24) is 19.6 Å². The van der Waals surface area contributed by atoms with Crippen LogP contribution in [0.5, 0.6) is 0 Å². The number of likely N-dealkylation sites (N-methyl/N-ethyl adjacent to an activating group) is 2. The number of nitrogens with zero attached hydrogens (tertiary/aromatic N) is 3. The molecule has 0 saturated carbocycles. The molecule has 0 bridgehead atoms. The lowest BCUT2D eigenvalue weighted by molar-refractivity contribution is -0.138. The number of benzene rings is 1. The van der Waals surface area contributed by atoms with Crippen LogP contribution in [-0.4, -0.2) is 59.1 Å². The molecule has 0 radical (unpaired) electrons. The van der Waals surface area contributed by atoms with Crippen molar-refractivity contribution in [2.75, 3.05) is 27.7 Å². The molecular weight excluding hydrogens is 312 g/mol. The highest BCUT2D eigenvalue weighted by molar-refractivity contribution is 5.84. The van der Waals surface area contributed by atoms with Crippen LogP contribution in [0.2, 0.25) is 0 Å². The molecule has 128 valence electrons. The van der Waals surface area contributed by atoms with Gasteiger partial charge < -0.3 is 9.80 Å². The van der Waals surface area contributed by atoms with Crippen LogP contribution in [0.1, 0.15) is 6.42 Å². The van der Waals surface area contributed by atoms with Gasteiger partial charge in [0.05, 0.1) is 23.9 Å². The number of carbonyl (C=O) groups is 2. The van der Waals surface area contributed by atoms with E-state index in [4.69, 9.17) is 0 Å². The molecular formula is C16H20N4O4. The summed E-state index contributed by atoms with van der Waals surface area (Å²) in [6, 6.07) is 6.51. The summed E-state index contributed by atoms with van der Waals surface area (Å²) in [5, 5.41) is 3.10. The predicted molar refractivity (Wildman–Crippen MR) is 89.8 cm³/mol. The van der Waals surface area contributed by atoms with Crippen LogP contribution in [0.4, 0.5) is 0 Å². The van der Waals surface area contributed by atoms with Gasteiger partial charge in [-0.1, -0.05) is 12.1 Å². The van der Waals surface area contributed by atoms with Gasteiger partial charge in [-0.15, -0.1) is 0 Å². The van der Waals surface area contributed by atoms with Crippen LogP contribution in [0.25, 0.3) is 10.8 Å². The Morgan fingerprint density at radius 3 is 2.29 bits per heavy atom. The van der Waals surface area contributed by atoms with Gasteiger partial charge in [-0.3, -0.25) is 24.3 Å². The van der Waals surface area contributed by atoms with Crippen LogP contribution in [0.3, 0.4) is 0 Å². The molecule has 1 N–H and O–H groups in total. The van der Waals surface area contributed by atoms with Crippen molar-refractivity contribution in [3.63, 3.8) is 0 Å². The molecule has 0 aliphatic heterocycles. The molecule has 1 heterocycles. The lowest BCUT2D eigenvalue weighted by atomic mass is 10.2. The number of fused-ring (bicyclic) bond motifs is 1. The fraction of sp³-hybridized carbons (Fsp3) is 0.375. The second-order valence-electron chi connectivity index (χ2n) is 5.73. The van der Waals surface area contributed by atoms with E-state index in [-0.39, 0.29) is 42.4 Å². The summed E-state index contributed by atoms with van der Waals surface area (Å²) in [5.74, 6) is -0.478. The number of amides is 2. The second kappa shape index (κ2) is 7.12. The number of hydrogen-bond donors (Lipinski definition) is 1.